The van der Waals surface area contributed by atoms with Gasteiger partial charge in [-0.1, -0.05) is 6.92 Å². The molecule has 0 spiro atoms. The lowest BCUT2D eigenvalue weighted by molar-refractivity contribution is 0.836. The average molecular weight is 212 g/mol. The van der Waals surface area contributed by atoms with Gasteiger partial charge in [-0.15, -0.1) is 0 Å². The fourth-order valence-corrected chi connectivity index (χ4v) is 2.42. The van der Waals surface area contributed by atoms with Crippen LogP contribution in [0.2, 0.25) is 0 Å². The SMILES string of the molecule is CCc1cnc2ccc3c(c2c1)CCCN3. The molecule has 0 radical (unpaired) electrons. The zero-order chi connectivity index (χ0) is 11.0. The van der Waals surface area contributed by atoms with E-state index < -0.39 is 0 Å². The Bertz CT molecular complexity index is 526. The van der Waals surface area contributed by atoms with Crippen LogP contribution in [0.15, 0.2) is 24.4 Å². The molecule has 0 bridgehead atoms. The van der Waals surface area contributed by atoms with Crippen molar-refractivity contribution in [3.63, 3.8) is 0 Å². The molecule has 2 heterocycles. The number of rotatable bonds is 1. The molecule has 0 fully saturated rings. The molecule has 82 valence electrons. The van der Waals surface area contributed by atoms with Crippen LogP contribution in [0.3, 0.4) is 0 Å². The number of benzene rings is 1. The summed E-state index contributed by atoms with van der Waals surface area (Å²) < 4.78 is 0. The molecule has 0 atom stereocenters. The van der Waals surface area contributed by atoms with Crippen molar-refractivity contribution < 1.29 is 0 Å². The van der Waals surface area contributed by atoms with Crippen LogP contribution in [0.4, 0.5) is 5.69 Å². The van der Waals surface area contributed by atoms with E-state index >= 15 is 0 Å². The van der Waals surface area contributed by atoms with E-state index in [9.17, 15) is 0 Å². The zero-order valence-electron chi connectivity index (χ0n) is 9.59. The quantitative estimate of drug-likeness (QED) is 0.785. The van der Waals surface area contributed by atoms with Gasteiger partial charge in [-0.05, 0) is 48.6 Å². The summed E-state index contributed by atoms with van der Waals surface area (Å²) in [7, 11) is 0. The molecular weight excluding hydrogens is 196 g/mol. The molecule has 2 nitrogen and oxygen atoms in total. The first kappa shape index (κ1) is 9.64. The maximum atomic E-state index is 4.53. The molecular formula is C14H16N2. The number of hydrogen-bond donors (Lipinski definition) is 1. The van der Waals surface area contributed by atoms with Gasteiger partial charge in [0, 0.05) is 23.8 Å². The number of nitrogens with one attached hydrogen (secondary N) is 1. The van der Waals surface area contributed by atoms with E-state index in [1.807, 2.05) is 6.20 Å². The van der Waals surface area contributed by atoms with Crippen LogP contribution >= 0.6 is 0 Å². The Labute approximate surface area is 95.7 Å². The van der Waals surface area contributed by atoms with Gasteiger partial charge in [0.25, 0.3) is 0 Å². The molecule has 1 aliphatic heterocycles. The largest absolute Gasteiger partial charge is 0.385 e. The van der Waals surface area contributed by atoms with E-state index in [-0.39, 0.29) is 0 Å². The first-order chi connectivity index (χ1) is 7.88. The highest BCUT2D eigenvalue weighted by molar-refractivity contribution is 5.88. The summed E-state index contributed by atoms with van der Waals surface area (Å²) in [5, 5.41) is 4.80. The number of aromatic nitrogens is 1. The van der Waals surface area contributed by atoms with Crippen molar-refractivity contribution in [2.45, 2.75) is 26.2 Å². The lowest BCUT2D eigenvalue weighted by Crippen LogP contribution is -2.12. The number of pyridine rings is 1. The van der Waals surface area contributed by atoms with E-state index in [2.05, 4.69) is 35.4 Å². The zero-order valence-corrected chi connectivity index (χ0v) is 9.59. The number of fused-ring (bicyclic) bond motifs is 3. The minimum atomic E-state index is 1.06. The van der Waals surface area contributed by atoms with E-state index in [0.29, 0.717) is 0 Å². The van der Waals surface area contributed by atoms with Gasteiger partial charge in [0.1, 0.15) is 0 Å². The van der Waals surface area contributed by atoms with E-state index in [1.165, 1.54) is 35.0 Å². The number of aryl methyl sites for hydroxylation is 2. The Morgan fingerprint density at radius 2 is 2.31 bits per heavy atom. The Hall–Kier alpha value is -1.57. The topological polar surface area (TPSA) is 24.9 Å². The smallest absolute Gasteiger partial charge is 0.0706 e. The average Bonchev–Trinajstić information content (AvgIpc) is 2.38. The molecule has 3 rings (SSSR count). The lowest BCUT2D eigenvalue weighted by Gasteiger charge is -2.19. The Morgan fingerprint density at radius 3 is 3.19 bits per heavy atom. The van der Waals surface area contributed by atoms with Crippen LogP contribution in [-0.4, -0.2) is 11.5 Å². The fourth-order valence-electron chi connectivity index (χ4n) is 2.42. The van der Waals surface area contributed by atoms with Crippen LogP contribution in [0.5, 0.6) is 0 Å². The van der Waals surface area contributed by atoms with Gasteiger partial charge in [0.2, 0.25) is 0 Å². The van der Waals surface area contributed by atoms with E-state index in [4.69, 9.17) is 0 Å². The third-order valence-corrected chi connectivity index (χ3v) is 3.36. The minimum Gasteiger partial charge on any atom is -0.385 e. The number of anilines is 1. The van der Waals surface area contributed by atoms with Crippen LogP contribution in [0, 0.1) is 0 Å². The minimum absolute atomic E-state index is 1.06. The van der Waals surface area contributed by atoms with Crippen LogP contribution in [-0.2, 0) is 12.8 Å². The van der Waals surface area contributed by atoms with Crippen molar-refractivity contribution in [3.05, 3.63) is 35.5 Å². The van der Waals surface area contributed by atoms with E-state index in [0.717, 1.165) is 18.5 Å². The van der Waals surface area contributed by atoms with Crippen molar-refractivity contribution in [1.29, 1.82) is 0 Å². The molecule has 1 aliphatic rings. The van der Waals surface area contributed by atoms with Crippen molar-refractivity contribution in [3.8, 4) is 0 Å². The second-order valence-electron chi connectivity index (χ2n) is 4.39. The third kappa shape index (κ3) is 1.45. The fraction of sp³-hybridized carbons (Fsp3) is 0.357. The molecule has 0 saturated carbocycles. The number of hydrogen-bond acceptors (Lipinski definition) is 2. The molecule has 2 heteroatoms. The second-order valence-corrected chi connectivity index (χ2v) is 4.39. The van der Waals surface area contributed by atoms with Crippen molar-refractivity contribution in [2.75, 3.05) is 11.9 Å². The summed E-state index contributed by atoms with van der Waals surface area (Å²) in [6.45, 7) is 3.27. The standard InChI is InChI=1S/C14H16N2/c1-2-10-8-12-11-4-3-7-15-13(11)5-6-14(12)16-9-10/h5-6,8-9,15H,2-4,7H2,1H3. The summed E-state index contributed by atoms with van der Waals surface area (Å²) in [6, 6.07) is 6.58. The summed E-state index contributed by atoms with van der Waals surface area (Å²) >= 11 is 0. The van der Waals surface area contributed by atoms with Gasteiger partial charge in [0.15, 0.2) is 0 Å². The molecule has 0 saturated heterocycles. The summed E-state index contributed by atoms with van der Waals surface area (Å²) in [5.41, 5.74) is 5.20. The molecule has 0 amide bonds. The molecule has 1 N–H and O–H groups in total. The first-order valence-corrected chi connectivity index (χ1v) is 6.03. The van der Waals surface area contributed by atoms with Crippen LogP contribution < -0.4 is 5.32 Å². The van der Waals surface area contributed by atoms with Crippen molar-refractivity contribution in [1.82, 2.24) is 4.98 Å². The van der Waals surface area contributed by atoms with Gasteiger partial charge in [-0.3, -0.25) is 4.98 Å². The predicted molar refractivity (Wildman–Crippen MR) is 67.9 cm³/mol. The highest BCUT2D eigenvalue weighted by Crippen LogP contribution is 2.29. The van der Waals surface area contributed by atoms with Gasteiger partial charge in [0.05, 0.1) is 5.52 Å². The monoisotopic (exact) mass is 212 g/mol. The predicted octanol–water partition coefficient (Wildman–Crippen LogP) is 3.16. The third-order valence-electron chi connectivity index (χ3n) is 3.36. The van der Waals surface area contributed by atoms with Crippen molar-refractivity contribution >= 4 is 16.6 Å². The highest BCUT2D eigenvalue weighted by Gasteiger charge is 2.12. The first-order valence-electron chi connectivity index (χ1n) is 6.03. The Morgan fingerprint density at radius 1 is 1.38 bits per heavy atom. The summed E-state index contributed by atoms with van der Waals surface area (Å²) in [4.78, 5) is 4.53. The molecule has 1 aromatic carbocycles. The normalized spacial score (nSPS) is 14.6. The van der Waals surface area contributed by atoms with Gasteiger partial charge in [-0.25, -0.2) is 0 Å². The van der Waals surface area contributed by atoms with E-state index in [1.54, 1.807) is 0 Å². The molecule has 1 aromatic heterocycles. The van der Waals surface area contributed by atoms with Crippen LogP contribution in [0.25, 0.3) is 10.9 Å². The Balaban J connectivity index is 2.27. The molecule has 0 unspecified atom stereocenters. The molecule has 0 aliphatic carbocycles. The highest BCUT2D eigenvalue weighted by atomic mass is 14.9. The molecule has 16 heavy (non-hydrogen) atoms. The van der Waals surface area contributed by atoms with Gasteiger partial charge in [-0.2, -0.15) is 0 Å². The second kappa shape index (κ2) is 3.78. The summed E-state index contributed by atoms with van der Waals surface area (Å²) in [5.74, 6) is 0. The van der Waals surface area contributed by atoms with Crippen molar-refractivity contribution in [2.24, 2.45) is 0 Å². The maximum Gasteiger partial charge on any atom is 0.0706 e. The maximum absolute atomic E-state index is 4.53. The number of nitrogens with zero attached hydrogens (tertiary/aromatic N) is 1. The molecule has 2 aromatic rings. The Kier molecular flexibility index (Phi) is 2.28. The van der Waals surface area contributed by atoms with Gasteiger partial charge < -0.3 is 5.32 Å². The lowest BCUT2D eigenvalue weighted by atomic mass is 9.97. The van der Waals surface area contributed by atoms with Crippen LogP contribution in [0.1, 0.15) is 24.5 Å². The van der Waals surface area contributed by atoms with Gasteiger partial charge >= 0.3 is 0 Å². The summed E-state index contributed by atoms with van der Waals surface area (Å²) in [6.07, 6.45) is 5.45.